The number of rotatable bonds is 4. The molecule has 34 heavy (non-hydrogen) atoms. The first-order valence-electron chi connectivity index (χ1n) is 10.8. The Morgan fingerprint density at radius 2 is 1.79 bits per heavy atom. The van der Waals surface area contributed by atoms with Gasteiger partial charge in [0.25, 0.3) is 5.91 Å². The van der Waals surface area contributed by atoms with Crippen molar-refractivity contribution in [3.63, 3.8) is 0 Å². The van der Waals surface area contributed by atoms with Crippen LogP contribution in [0.4, 0.5) is 0 Å². The predicted octanol–water partition coefficient (Wildman–Crippen LogP) is 5.52. The Bertz CT molecular complexity index is 1510. The number of fused-ring (bicyclic) bond motifs is 2. The molecule has 0 radical (unpaired) electrons. The van der Waals surface area contributed by atoms with Crippen molar-refractivity contribution >= 4 is 28.5 Å². The summed E-state index contributed by atoms with van der Waals surface area (Å²) < 4.78 is 11.3. The first-order valence-corrected chi connectivity index (χ1v) is 11.2. The van der Waals surface area contributed by atoms with E-state index in [0.29, 0.717) is 21.6 Å². The average molecular weight is 476 g/mol. The first kappa shape index (κ1) is 22.0. The van der Waals surface area contributed by atoms with E-state index in [9.17, 15) is 14.7 Å². The summed E-state index contributed by atoms with van der Waals surface area (Å²) in [5.41, 5.74) is 3.65. The van der Waals surface area contributed by atoms with E-state index in [1.807, 2.05) is 38.1 Å². The minimum Gasteiger partial charge on any atom is -0.504 e. The van der Waals surface area contributed by atoms with E-state index >= 15 is 0 Å². The van der Waals surface area contributed by atoms with Crippen LogP contribution in [0.1, 0.15) is 44.4 Å². The molecule has 1 aliphatic heterocycles. The second kappa shape index (κ2) is 8.22. The average Bonchev–Trinajstić information content (AvgIpc) is 3.09. The molecule has 4 aromatic rings. The van der Waals surface area contributed by atoms with Gasteiger partial charge in [-0.2, -0.15) is 0 Å². The standard InChI is InChI=1S/C27H22ClNO5/c1-14-4-6-16(7-5-14)13-29-24(17-8-9-20(30)22(11-17)33-3)23-25(31)18-12-19(28)15(2)10-21(18)34-26(23)27(29)32/h4-12,24,30H,13H2,1-3H3. The van der Waals surface area contributed by atoms with Gasteiger partial charge in [-0.3, -0.25) is 9.59 Å². The number of aromatic hydroxyl groups is 1. The number of benzene rings is 3. The summed E-state index contributed by atoms with van der Waals surface area (Å²) in [6, 6.07) is 15.2. The highest BCUT2D eigenvalue weighted by molar-refractivity contribution is 6.32. The molecule has 0 spiro atoms. The van der Waals surface area contributed by atoms with Gasteiger partial charge in [0, 0.05) is 11.6 Å². The summed E-state index contributed by atoms with van der Waals surface area (Å²) >= 11 is 6.30. The number of phenols is 1. The van der Waals surface area contributed by atoms with Crippen molar-refractivity contribution in [3.8, 4) is 11.5 Å². The molecule has 1 unspecified atom stereocenters. The highest BCUT2D eigenvalue weighted by atomic mass is 35.5. The zero-order chi connectivity index (χ0) is 24.1. The third-order valence-electron chi connectivity index (χ3n) is 6.24. The molecule has 1 amide bonds. The van der Waals surface area contributed by atoms with Crippen molar-refractivity contribution in [1.29, 1.82) is 0 Å². The Morgan fingerprint density at radius 3 is 2.50 bits per heavy atom. The van der Waals surface area contributed by atoms with Crippen LogP contribution in [0.25, 0.3) is 11.0 Å². The van der Waals surface area contributed by atoms with Gasteiger partial charge in [-0.1, -0.05) is 47.5 Å². The van der Waals surface area contributed by atoms with E-state index in [2.05, 4.69) is 0 Å². The summed E-state index contributed by atoms with van der Waals surface area (Å²) in [4.78, 5) is 28.9. The predicted molar refractivity (Wildman–Crippen MR) is 130 cm³/mol. The molecule has 1 aliphatic rings. The van der Waals surface area contributed by atoms with Crippen LogP contribution >= 0.6 is 11.6 Å². The minimum absolute atomic E-state index is 0.0170. The van der Waals surface area contributed by atoms with Crippen LogP contribution in [0.3, 0.4) is 0 Å². The van der Waals surface area contributed by atoms with Gasteiger partial charge in [0.05, 0.1) is 24.1 Å². The number of aryl methyl sites for hydroxylation is 2. The Morgan fingerprint density at radius 1 is 1.06 bits per heavy atom. The van der Waals surface area contributed by atoms with E-state index in [1.165, 1.54) is 13.2 Å². The van der Waals surface area contributed by atoms with Gasteiger partial charge >= 0.3 is 0 Å². The topological polar surface area (TPSA) is 80.0 Å². The number of ether oxygens (including phenoxy) is 1. The van der Waals surface area contributed by atoms with E-state index in [0.717, 1.165) is 16.7 Å². The van der Waals surface area contributed by atoms with Crippen molar-refractivity contribution in [1.82, 2.24) is 4.90 Å². The van der Waals surface area contributed by atoms with Gasteiger partial charge in [0.15, 0.2) is 16.9 Å². The Labute approximate surface area is 201 Å². The lowest BCUT2D eigenvalue weighted by molar-refractivity contribution is 0.0714. The molecule has 0 fully saturated rings. The maximum absolute atomic E-state index is 13.7. The molecule has 5 rings (SSSR count). The summed E-state index contributed by atoms with van der Waals surface area (Å²) in [5.74, 6) is -0.145. The fraction of sp³-hybridized carbons (Fsp3) is 0.185. The molecular formula is C27H22ClNO5. The van der Waals surface area contributed by atoms with Crippen molar-refractivity contribution in [2.45, 2.75) is 26.4 Å². The molecule has 3 aromatic carbocycles. The van der Waals surface area contributed by atoms with Gasteiger partial charge in [-0.05, 0) is 54.8 Å². The zero-order valence-corrected chi connectivity index (χ0v) is 19.6. The van der Waals surface area contributed by atoms with Gasteiger partial charge < -0.3 is 19.2 Å². The fourth-order valence-corrected chi connectivity index (χ4v) is 4.57. The molecule has 1 atom stereocenters. The Kier molecular flexibility index (Phi) is 5.33. The fourth-order valence-electron chi connectivity index (χ4n) is 4.40. The zero-order valence-electron chi connectivity index (χ0n) is 18.9. The summed E-state index contributed by atoms with van der Waals surface area (Å²) in [7, 11) is 1.45. The van der Waals surface area contributed by atoms with Gasteiger partial charge in [0.1, 0.15) is 5.58 Å². The van der Waals surface area contributed by atoms with Crippen LogP contribution < -0.4 is 10.2 Å². The highest BCUT2D eigenvalue weighted by Crippen LogP contribution is 2.41. The van der Waals surface area contributed by atoms with E-state index in [1.54, 1.807) is 29.2 Å². The first-order chi connectivity index (χ1) is 16.3. The number of nitrogens with zero attached hydrogens (tertiary/aromatic N) is 1. The third kappa shape index (κ3) is 3.51. The molecule has 0 bridgehead atoms. The van der Waals surface area contributed by atoms with E-state index in [4.69, 9.17) is 20.8 Å². The molecule has 7 heteroatoms. The van der Waals surface area contributed by atoms with Crippen LogP contribution in [0.5, 0.6) is 11.5 Å². The second-order valence-corrected chi connectivity index (χ2v) is 8.93. The van der Waals surface area contributed by atoms with Crippen LogP contribution in [0.2, 0.25) is 5.02 Å². The third-order valence-corrected chi connectivity index (χ3v) is 6.65. The monoisotopic (exact) mass is 475 g/mol. The van der Waals surface area contributed by atoms with E-state index in [-0.39, 0.29) is 40.7 Å². The smallest absolute Gasteiger partial charge is 0.291 e. The number of hydrogen-bond acceptors (Lipinski definition) is 5. The number of methoxy groups -OCH3 is 1. The maximum Gasteiger partial charge on any atom is 0.291 e. The lowest BCUT2D eigenvalue weighted by Gasteiger charge is -2.25. The molecule has 2 heterocycles. The molecule has 1 aromatic heterocycles. The number of carbonyl (C=O) groups is 1. The highest BCUT2D eigenvalue weighted by Gasteiger charge is 2.43. The van der Waals surface area contributed by atoms with Gasteiger partial charge in [0.2, 0.25) is 5.76 Å². The number of carbonyl (C=O) groups excluding carboxylic acids is 1. The van der Waals surface area contributed by atoms with Gasteiger partial charge in [-0.25, -0.2) is 0 Å². The molecule has 0 saturated carbocycles. The minimum atomic E-state index is -0.723. The largest absolute Gasteiger partial charge is 0.504 e. The number of amides is 1. The quantitative estimate of drug-likeness (QED) is 0.420. The van der Waals surface area contributed by atoms with Crippen LogP contribution in [0, 0.1) is 13.8 Å². The molecule has 172 valence electrons. The molecule has 6 nitrogen and oxygen atoms in total. The van der Waals surface area contributed by atoms with Crippen LogP contribution in [-0.4, -0.2) is 23.0 Å². The summed E-state index contributed by atoms with van der Waals surface area (Å²) in [6.07, 6.45) is 0. The molecule has 0 aliphatic carbocycles. The van der Waals surface area contributed by atoms with E-state index < -0.39 is 6.04 Å². The van der Waals surface area contributed by atoms with Crippen molar-refractivity contribution in [2.24, 2.45) is 0 Å². The van der Waals surface area contributed by atoms with Crippen molar-refractivity contribution in [3.05, 3.63) is 103 Å². The molecule has 1 N–H and O–H groups in total. The number of halogens is 1. The number of phenolic OH excluding ortho intramolecular Hbond substituents is 1. The summed E-state index contributed by atoms with van der Waals surface area (Å²) in [6.45, 7) is 4.08. The van der Waals surface area contributed by atoms with Crippen LogP contribution in [0.15, 0.2) is 63.8 Å². The van der Waals surface area contributed by atoms with Crippen molar-refractivity contribution in [2.75, 3.05) is 7.11 Å². The lowest BCUT2D eigenvalue weighted by Crippen LogP contribution is -2.29. The van der Waals surface area contributed by atoms with Crippen LogP contribution in [-0.2, 0) is 6.54 Å². The number of hydrogen-bond donors (Lipinski definition) is 1. The second-order valence-electron chi connectivity index (χ2n) is 8.52. The normalized spacial score (nSPS) is 15.1. The van der Waals surface area contributed by atoms with Gasteiger partial charge in [-0.15, -0.1) is 0 Å². The molecular weight excluding hydrogens is 454 g/mol. The SMILES string of the molecule is COc1cc(C2c3c(oc4cc(C)c(Cl)cc4c3=O)C(=O)N2Cc2ccc(C)cc2)ccc1O. The maximum atomic E-state index is 13.7. The molecule has 0 saturated heterocycles. The van der Waals surface area contributed by atoms with Crippen molar-refractivity contribution < 1.29 is 19.1 Å². The Hall–Kier alpha value is -3.77. The summed E-state index contributed by atoms with van der Waals surface area (Å²) in [5, 5.41) is 10.9. The lowest BCUT2D eigenvalue weighted by atomic mass is 9.97. The Balaban J connectivity index is 1.74.